The van der Waals surface area contributed by atoms with Crippen LogP contribution in [0.3, 0.4) is 0 Å². The molecule has 0 aromatic heterocycles. The van der Waals surface area contributed by atoms with Crippen LogP contribution in [0.1, 0.15) is 0 Å². The van der Waals surface area contributed by atoms with E-state index in [2.05, 4.69) is 0 Å². The Morgan fingerprint density at radius 3 is 1.00 bits per heavy atom. The van der Waals surface area contributed by atoms with Crippen molar-refractivity contribution in [2.45, 2.75) is 0 Å². The molecule has 0 rings (SSSR count). The van der Waals surface area contributed by atoms with Gasteiger partial charge in [-0.2, -0.15) is 0 Å². The maximum Gasteiger partial charge on any atom is 3.00 e. The van der Waals surface area contributed by atoms with Crippen LogP contribution in [0.5, 0.6) is 0 Å². The molecule has 0 aliphatic rings. The first-order valence-corrected chi connectivity index (χ1v) is 2.95. The van der Waals surface area contributed by atoms with Crippen molar-refractivity contribution in [2.24, 2.45) is 0 Å². The molecule has 0 radical (unpaired) electrons. The average molecular weight is 287 g/mol. The van der Waals surface area contributed by atoms with Gasteiger partial charge in [0, 0.05) is 23.3 Å². The molecule has 0 aliphatic heterocycles. The third kappa shape index (κ3) is 125. The molecule has 0 bridgehead atoms. The molecule has 6 heteroatoms. The Kier molecular flexibility index (Phi) is 97.8. The summed E-state index contributed by atoms with van der Waals surface area (Å²) in [7, 11) is -0.611. The van der Waals surface area contributed by atoms with Crippen LogP contribution < -0.4 is 37.2 Å². The molecule has 0 saturated carbocycles. The summed E-state index contributed by atoms with van der Waals surface area (Å²) < 4.78 is 9.56. The molecular formula is C2H6Cl3ORhS. The van der Waals surface area contributed by atoms with E-state index in [1.165, 1.54) is 0 Å². The average Bonchev–Trinajstić information content (AvgIpc) is 0.811. The van der Waals surface area contributed by atoms with Gasteiger partial charge in [-0.15, -0.1) is 0 Å². The number of hydrogen-bond donors (Lipinski definition) is 0. The first-order valence-electron chi connectivity index (χ1n) is 0.983. The summed E-state index contributed by atoms with van der Waals surface area (Å²) in [6, 6.07) is 0. The minimum atomic E-state index is -0.611. The molecule has 0 N–H and O–H groups in total. The summed E-state index contributed by atoms with van der Waals surface area (Å²) in [6.45, 7) is 0. The Labute approximate surface area is 83.8 Å². The fourth-order valence-electron chi connectivity index (χ4n) is 0. The van der Waals surface area contributed by atoms with Gasteiger partial charge in [-0.25, -0.2) is 0 Å². The van der Waals surface area contributed by atoms with E-state index < -0.39 is 10.8 Å². The van der Waals surface area contributed by atoms with Crippen molar-refractivity contribution >= 4 is 10.8 Å². The van der Waals surface area contributed by atoms with Gasteiger partial charge in [-0.3, -0.25) is 4.21 Å². The summed E-state index contributed by atoms with van der Waals surface area (Å²) in [6.07, 6.45) is 3.28. The third-order valence-electron chi connectivity index (χ3n) is 0. The van der Waals surface area contributed by atoms with Crippen LogP contribution in [0.4, 0.5) is 0 Å². The summed E-state index contributed by atoms with van der Waals surface area (Å²) in [5, 5.41) is 0. The predicted octanol–water partition coefficient (Wildman–Crippen LogP) is -9.00. The van der Waals surface area contributed by atoms with Gasteiger partial charge < -0.3 is 37.2 Å². The molecule has 0 amide bonds. The molecule has 0 aliphatic carbocycles. The van der Waals surface area contributed by atoms with Crippen LogP contribution in [0.25, 0.3) is 0 Å². The molecule has 0 fully saturated rings. The molecule has 0 atom stereocenters. The SMILES string of the molecule is CS(C)=O.[Cl-].[Cl-].[Cl-].[Rh+3]. The zero-order valence-electron chi connectivity index (χ0n) is 4.28. The fraction of sp³-hybridized carbons (Fsp3) is 1.00. The van der Waals surface area contributed by atoms with Crippen molar-refractivity contribution < 1.29 is 60.9 Å². The van der Waals surface area contributed by atoms with Crippen LogP contribution >= 0.6 is 0 Å². The first-order chi connectivity index (χ1) is 1.73. The zero-order valence-corrected chi connectivity index (χ0v) is 9.01. The minimum Gasteiger partial charge on any atom is -1.00 e. The van der Waals surface area contributed by atoms with Crippen molar-refractivity contribution in [3.05, 3.63) is 0 Å². The smallest absolute Gasteiger partial charge is 1.00 e. The van der Waals surface area contributed by atoms with Crippen LogP contribution in [0.2, 0.25) is 0 Å². The Bertz CT molecular complexity index is 40.3. The van der Waals surface area contributed by atoms with Crippen LogP contribution in [0.15, 0.2) is 0 Å². The second-order valence-electron chi connectivity index (χ2n) is 0.742. The van der Waals surface area contributed by atoms with Gasteiger partial charge in [-0.05, 0) is 0 Å². The van der Waals surface area contributed by atoms with E-state index in [4.69, 9.17) is 0 Å². The van der Waals surface area contributed by atoms with E-state index in [9.17, 15) is 4.21 Å². The summed E-state index contributed by atoms with van der Waals surface area (Å²) in [5.74, 6) is 0. The van der Waals surface area contributed by atoms with E-state index in [-0.39, 0.29) is 56.7 Å². The van der Waals surface area contributed by atoms with Crippen molar-refractivity contribution in [3.63, 3.8) is 0 Å². The molecule has 0 heterocycles. The van der Waals surface area contributed by atoms with Crippen molar-refractivity contribution in [1.82, 2.24) is 0 Å². The monoisotopic (exact) mass is 286 g/mol. The maximum atomic E-state index is 9.56. The molecule has 0 spiro atoms. The molecule has 56 valence electrons. The molecule has 0 unspecified atom stereocenters. The minimum absolute atomic E-state index is 0. The summed E-state index contributed by atoms with van der Waals surface area (Å²) in [4.78, 5) is 0. The van der Waals surface area contributed by atoms with Crippen LogP contribution in [0, 0.1) is 0 Å². The van der Waals surface area contributed by atoms with Crippen LogP contribution in [-0.4, -0.2) is 16.7 Å². The van der Waals surface area contributed by atoms with E-state index in [1.807, 2.05) is 0 Å². The van der Waals surface area contributed by atoms with Gasteiger partial charge in [0.1, 0.15) is 0 Å². The van der Waals surface area contributed by atoms with Crippen molar-refractivity contribution in [3.8, 4) is 0 Å². The second-order valence-corrected chi connectivity index (χ2v) is 2.22. The molecular weight excluding hydrogens is 281 g/mol. The Morgan fingerprint density at radius 2 is 1.00 bits per heavy atom. The van der Waals surface area contributed by atoms with Gasteiger partial charge in [0.15, 0.2) is 0 Å². The summed E-state index contributed by atoms with van der Waals surface area (Å²) >= 11 is 0. The van der Waals surface area contributed by atoms with Gasteiger partial charge in [0.25, 0.3) is 0 Å². The number of hydrogen-bond acceptors (Lipinski definition) is 1. The Balaban J connectivity index is -0.00000000750. The van der Waals surface area contributed by atoms with Gasteiger partial charge in [0.05, 0.1) is 0 Å². The van der Waals surface area contributed by atoms with Gasteiger partial charge >= 0.3 is 19.5 Å². The van der Waals surface area contributed by atoms with Gasteiger partial charge in [0.2, 0.25) is 0 Å². The standard InChI is InChI=1S/C2H6OS.3ClH.Rh/c1-4(2)3;;;;/h1-2H3;3*1H;/q;;;;+3/p-3. The number of halogens is 3. The first kappa shape index (κ1) is 33.4. The van der Waals surface area contributed by atoms with E-state index in [1.54, 1.807) is 12.5 Å². The topological polar surface area (TPSA) is 17.1 Å². The second kappa shape index (κ2) is 23.4. The molecule has 1 nitrogen and oxygen atoms in total. The van der Waals surface area contributed by atoms with Crippen molar-refractivity contribution in [1.29, 1.82) is 0 Å². The maximum absolute atomic E-state index is 9.56. The Hall–Kier alpha value is 1.64. The van der Waals surface area contributed by atoms with Crippen molar-refractivity contribution in [2.75, 3.05) is 12.5 Å². The zero-order chi connectivity index (χ0) is 3.58. The molecule has 0 saturated heterocycles. The Morgan fingerprint density at radius 1 is 1.00 bits per heavy atom. The normalized spacial score (nSPS) is 4.38. The predicted molar refractivity (Wildman–Crippen MR) is 20.0 cm³/mol. The largest absolute Gasteiger partial charge is 3.00 e. The molecule has 8 heavy (non-hydrogen) atoms. The van der Waals surface area contributed by atoms with E-state index in [0.29, 0.717) is 0 Å². The van der Waals surface area contributed by atoms with Gasteiger partial charge in [-0.1, -0.05) is 0 Å². The summed E-state index contributed by atoms with van der Waals surface area (Å²) in [5.41, 5.74) is 0. The van der Waals surface area contributed by atoms with E-state index in [0.717, 1.165) is 0 Å². The molecule has 0 aromatic carbocycles. The third-order valence-corrected chi connectivity index (χ3v) is 0. The molecule has 0 aromatic rings. The van der Waals surface area contributed by atoms with Crippen LogP contribution in [-0.2, 0) is 30.3 Å². The quantitative estimate of drug-likeness (QED) is 0.405. The van der Waals surface area contributed by atoms with E-state index >= 15 is 0 Å². The number of rotatable bonds is 0. The fourth-order valence-corrected chi connectivity index (χ4v) is 0.